The minimum absolute atomic E-state index is 0.00185. The Balaban J connectivity index is 1.45. The van der Waals surface area contributed by atoms with Gasteiger partial charge in [-0.2, -0.15) is 5.26 Å². The van der Waals surface area contributed by atoms with Gasteiger partial charge in [0.2, 0.25) is 5.91 Å². The monoisotopic (exact) mass is 370 g/mol. The number of aryl methyl sites for hydroxylation is 1. The summed E-state index contributed by atoms with van der Waals surface area (Å²) >= 11 is 6.22. The van der Waals surface area contributed by atoms with E-state index in [-0.39, 0.29) is 5.91 Å². The zero-order valence-corrected chi connectivity index (χ0v) is 15.0. The maximum atomic E-state index is 12.0. The number of nitrogens with one attached hydrogen (secondary N) is 1. The Kier molecular flexibility index (Phi) is 5.98. The Bertz CT molecular complexity index is 828. The Morgan fingerprint density at radius 2 is 1.88 bits per heavy atom. The van der Waals surface area contributed by atoms with Gasteiger partial charge in [0, 0.05) is 13.0 Å². The first kappa shape index (κ1) is 18.1. The van der Waals surface area contributed by atoms with Gasteiger partial charge in [-0.1, -0.05) is 23.7 Å². The van der Waals surface area contributed by atoms with Gasteiger partial charge in [0.1, 0.15) is 13.2 Å². The third kappa shape index (κ3) is 4.68. The quantitative estimate of drug-likeness (QED) is 0.847. The summed E-state index contributed by atoms with van der Waals surface area (Å²) in [5.74, 6) is 1.25. The SMILES string of the molecule is N#Cc1ccc(CCC(=O)NCCc2cc(Cl)c3c(c2)OCCO3)cc1. The average Bonchev–Trinajstić information content (AvgIpc) is 2.67. The minimum atomic E-state index is -0.00185. The summed E-state index contributed by atoms with van der Waals surface area (Å²) in [6, 6.07) is 13.1. The van der Waals surface area contributed by atoms with Crippen molar-refractivity contribution in [3.63, 3.8) is 0 Å². The lowest BCUT2D eigenvalue weighted by Crippen LogP contribution is -2.26. The van der Waals surface area contributed by atoms with E-state index in [9.17, 15) is 4.79 Å². The lowest BCUT2D eigenvalue weighted by molar-refractivity contribution is -0.121. The smallest absolute Gasteiger partial charge is 0.220 e. The van der Waals surface area contributed by atoms with E-state index in [0.29, 0.717) is 61.1 Å². The molecular weight excluding hydrogens is 352 g/mol. The molecule has 5 nitrogen and oxygen atoms in total. The largest absolute Gasteiger partial charge is 0.486 e. The minimum Gasteiger partial charge on any atom is -0.486 e. The van der Waals surface area contributed by atoms with Gasteiger partial charge < -0.3 is 14.8 Å². The van der Waals surface area contributed by atoms with Crippen molar-refractivity contribution in [1.29, 1.82) is 5.26 Å². The summed E-state index contributed by atoms with van der Waals surface area (Å²) in [7, 11) is 0. The van der Waals surface area contributed by atoms with E-state index in [4.69, 9.17) is 26.3 Å². The molecule has 0 radical (unpaired) electrons. The summed E-state index contributed by atoms with van der Waals surface area (Å²) < 4.78 is 11.1. The number of nitrogens with zero attached hydrogens (tertiary/aromatic N) is 1. The van der Waals surface area contributed by atoms with E-state index in [1.54, 1.807) is 12.1 Å². The molecule has 0 aliphatic carbocycles. The van der Waals surface area contributed by atoms with E-state index in [2.05, 4.69) is 11.4 Å². The van der Waals surface area contributed by atoms with E-state index < -0.39 is 0 Å². The second-order valence-corrected chi connectivity index (χ2v) is 6.42. The Morgan fingerprint density at radius 3 is 2.65 bits per heavy atom. The third-order valence-corrected chi connectivity index (χ3v) is 4.40. The summed E-state index contributed by atoms with van der Waals surface area (Å²) in [6.07, 6.45) is 1.72. The molecule has 134 valence electrons. The van der Waals surface area contributed by atoms with Gasteiger partial charge >= 0.3 is 0 Å². The number of fused-ring (bicyclic) bond motifs is 1. The molecule has 0 unspecified atom stereocenters. The van der Waals surface area contributed by atoms with Crippen molar-refractivity contribution in [2.24, 2.45) is 0 Å². The summed E-state index contributed by atoms with van der Waals surface area (Å²) in [5.41, 5.74) is 2.65. The molecule has 2 aromatic carbocycles. The second kappa shape index (κ2) is 8.59. The molecule has 1 N–H and O–H groups in total. The topological polar surface area (TPSA) is 71.4 Å². The fourth-order valence-electron chi connectivity index (χ4n) is 2.75. The highest BCUT2D eigenvalue weighted by atomic mass is 35.5. The van der Waals surface area contributed by atoms with Crippen molar-refractivity contribution in [3.8, 4) is 17.6 Å². The number of amides is 1. The van der Waals surface area contributed by atoms with Gasteiger partial charge in [0.25, 0.3) is 0 Å². The van der Waals surface area contributed by atoms with Crippen molar-refractivity contribution in [2.45, 2.75) is 19.3 Å². The summed E-state index contributed by atoms with van der Waals surface area (Å²) in [6.45, 7) is 1.54. The number of benzene rings is 2. The van der Waals surface area contributed by atoms with Crippen molar-refractivity contribution >= 4 is 17.5 Å². The number of carbonyl (C=O) groups is 1. The highest BCUT2D eigenvalue weighted by molar-refractivity contribution is 6.32. The first-order chi connectivity index (χ1) is 12.7. The van der Waals surface area contributed by atoms with E-state index in [1.807, 2.05) is 24.3 Å². The Hall–Kier alpha value is -2.71. The molecule has 1 aliphatic rings. The highest BCUT2D eigenvalue weighted by Gasteiger charge is 2.16. The molecular formula is C20H19ClN2O3. The molecule has 26 heavy (non-hydrogen) atoms. The molecule has 0 saturated heterocycles. The maximum Gasteiger partial charge on any atom is 0.220 e. The molecule has 0 bridgehead atoms. The number of ether oxygens (including phenoxy) is 2. The normalized spacial score (nSPS) is 12.3. The molecule has 1 amide bonds. The van der Waals surface area contributed by atoms with Crippen LogP contribution in [0.4, 0.5) is 0 Å². The number of hydrogen-bond donors (Lipinski definition) is 1. The van der Waals surface area contributed by atoms with Gasteiger partial charge in [0.15, 0.2) is 11.5 Å². The van der Waals surface area contributed by atoms with Crippen LogP contribution >= 0.6 is 11.6 Å². The molecule has 6 heteroatoms. The van der Waals surface area contributed by atoms with Crippen LogP contribution in [-0.4, -0.2) is 25.7 Å². The summed E-state index contributed by atoms with van der Waals surface area (Å²) in [4.78, 5) is 12.0. The first-order valence-electron chi connectivity index (χ1n) is 8.49. The number of nitriles is 1. The van der Waals surface area contributed by atoms with E-state index in [1.165, 1.54) is 0 Å². The van der Waals surface area contributed by atoms with Crippen molar-refractivity contribution in [3.05, 3.63) is 58.1 Å². The lowest BCUT2D eigenvalue weighted by Gasteiger charge is -2.20. The highest BCUT2D eigenvalue weighted by Crippen LogP contribution is 2.38. The second-order valence-electron chi connectivity index (χ2n) is 6.01. The Morgan fingerprint density at radius 1 is 1.12 bits per heavy atom. The molecule has 0 spiro atoms. The van der Waals surface area contributed by atoms with Crippen LogP contribution < -0.4 is 14.8 Å². The van der Waals surface area contributed by atoms with Crippen LogP contribution in [0.15, 0.2) is 36.4 Å². The number of rotatable bonds is 6. The van der Waals surface area contributed by atoms with Gasteiger partial charge in [-0.05, 0) is 48.2 Å². The molecule has 1 aliphatic heterocycles. The van der Waals surface area contributed by atoms with E-state index in [0.717, 1.165) is 11.1 Å². The molecule has 0 saturated carbocycles. The van der Waals surface area contributed by atoms with Gasteiger partial charge in [0.05, 0.1) is 16.7 Å². The van der Waals surface area contributed by atoms with Crippen LogP contribution in [-0.2, 0) is 17.6 Å². The van der Waals surface area contributed by atoms with Crippen LogP contribution in [0.1, 0.15) is 23.1 Å². The lowest BCUT2D eigenvalue weighted by atomic mass is 10.1. The van der Waals surface area contributed by atoms with Crippen molar-refractivity contribution in [1.82, 2.24) is 5.32 Å². The van der Waals surface area contributed by atoms with Gasteiger partial charge in [-0.25, -0.2) is 0 Å². The van der Waals surface area contributed by atoms with Crippen LogP contribution in [0, 0.1) is 11.3 Å². The third-order valence-electron chi connectivity index (χ3n) is 4.12. The zero-order valence-electron chi connectivity index (χ0n) is 14.3. The van der Waals surface area contributed by atoms with Gasteiger partial charge in [-0.15, -0.1) is 0 Å². The zero-order chi connectivity index (χ0) is 18.4. The van der Waals surface area contributed by atoms with Crippen LogP contribution in [0.25, 0.3) is 0 Å². The standard InChI is InChI=1S/C20H19ClN2O3/c21-17-11-16(12-18-20(17)26-10-9-25-18)7-8-23-19(24)6-5-14-1-3-15(13-22)4-2-14/h1-4,11-12H,5-10H2,(H,23,24). The maximum absolute atomic E-state index is 12.0. The number of carbonyl (C=O) groups excluding carboxylic acids is 1. The molecule has 2 aromatic rings. The van der Waals surface area contributed by atoms with Crippen LogP contribution in [0.5, 0.6) is 11.5 Å². The molecule has 0 fully saturated rings. The van der Waals surface area contributed by atoms with E-state index >= 15 is 0 Å². The first-order valence-corrected chi connectivity index (χ1v) is 8.87. The van der Waals surface area contributed by atoms with Crippen LogP contribution in [0.3, 0.4) is 0 Å². The fraction of sp³-hybridized carbons (Fsp3) is 0.300. The Labute approximate surface area is 157 Å². The average molecular weight is 371 g/mol. The number of hydrogen-bond acceptors (Lipinski definition) is 4. The van der Waals surface area contributed by atoms with Crippen LogP contribution in [0.2, 0.25) is 5.02 Å². The van der Waals surface area contributed by atoms with Gasteiger partial charge in [-0.3, -0.25) is 4.79 Å². The van der Waals surface area contributed by atoms with Crippen molar-refractivity contribution < 1.29 is 14.3 Å². The summed E-state index contributed by atoms with van der Waals surface area (Å²) in [5, 5.41) is 12.2. The molecule has 3 rings (SSSR count). The molecule has 1 heterocycles. The predicted octanol–water partition coefficient (Wildman–Crippen LogP) is 3.27. The number of halogens is 1. The molecule has 0 atom stereocenters. The molecule has 0 aromatic heterocycles. The van der Waals surface area contributed by atoms with Crippen molar-refractivity contribution in [2.75, 3.05) is 19.8 Å². The predicted molar refractivity (Wildman–Crippen MR) is 98.6 cm³/mol. The fourth-order valence-corrected chi connectivity index (χ4v) is 3.03.